The lowest BCUT2D eigenvalue weighted by Gasteiger charge is -2.27. The van der Waals surface area contributed by atoms with Crippen LogP contribution in [0.25, 0.3) is 21.3 Å². The standard InChI is InChI=1S/C27H22ClFN4O2S/c1-14-32-24(25(36-14)22-19(28)8-3-9-20(22)29)27(35)33-17(11-16-12-21(16)33)13-31-26(34)18-7-2-5-15-6-4-10-30-23(15)18/h2-10,16-17,21H,11-13H2,1H3,(H,31,34)/t16-,17+,21+/m1/s1. The van der Waals surface area contributed by atoms with Crippen LogP contribution in [-0.2, 0) is 0 Å². The Labute approximate surface area is 216 Å². The van der Waals surface area contributed by atoms with E-state index in [2.05, 4.69) is 15.3 Å². The van der Waals surface area contributed by atoms with Crippen LogP contribution in [0.2, 0.25) is 5.02 Å². The van der Waals surface area contributed by atoms with Crippen molar-refractivity contribution in [3.05, 3.63) is 81.8 Å². The van der Waals surface area contributed by atoms with E-state index in [-0.39, 0.29) is 40.2 Å². The van der Waals surface area contributed by atoms with Crippen LogP contribution >= 0.6 is 22.9 Å². The first-order chi connectivity index (χ1) is 17.4. The molecule has 4 aromatic rings. The fraction of sp³-hybridized carbons (Fsp3) is 0.259. The predicted molar refractivity (Wildman–Crippen MR) is 138 cm³/mol. The van der Waals surface area contributed by atoms with E-state index in [4.69, 9.17) is 11.6 Å². The number of hydrogen-bond donors (Lipinski definition) is 1. The van der Waals surface area contributed by atoms with Crippen LogP contribution in [-0.4, -0.2) is 45.3 Å². The van der Waals surface area contributed by atoms with Gasteiger partial charge in [0, 0.05) is 29.7 Å². The molecule has 0 unspecified atom stereocenters. The zero-order chi connectivity index (χ0) is 25.0. The van der Waals surface area contributed by atoms with E-state index in [1.165, 1.54) is 23.5 Å². The molecule has 3 heterocycles. The maximum absolute atomic E-state index is 14.7. The molecule has 0 spiro atoms. The Morgan fingerprint density at radius 1 is 1.17 bits per heavy atom. The highest BCUT2D eigenvalue weighted by molar-refractivity contribution is 7.15. The molecule has 2 aromatic carbocycles. The van der Waals surface area contributed by atoms with E-state index < -0.39 is 5.82 Å². The van der Waals surface area contributed by atoms with Gasteiger partial charge in [-0.15, -0.1) is 11.3 Å². The van der Waals surface area contributed by atoms with Crippen molar-refractivity contribution in [2.24, 2.45) is 5.92 Å². The van der Waals surface area contributed by atoms with E-state index in [0.717, 1.165) is 18.2 Å². The highest BCUT2D eigenvalue weighted by Gasteiger charge is 2.54. The third-order valence-electron chi connectivity index (χ3n) is 6.95. The summed E-state index contributed by atoms with van der Waals surface area (Å²) < 4.78 is 14.7. The molecule has 1 aliphatic carbocycles. The van der Waals surface area contributed by atoms with E-state index in [1.807, 2.05) is 29.2 Å². The number of nitrogens with zero attached hydrogens (tertiary/aromatic N) is 3. The molecule has 2 amide bonds. The first-order valence-corrected chi connectivity index (χ1v) is 13.0. The number of halogens is 2. The summed E-state index contributed by atoms with van der Waals surface area (Å²) in [6, 6.07) is 13.7. The topological polar surface area (TPSA) is 75.2 Å². The minimum absolute atomic E-state index is 0.115. The second-order valence-electron chi connectivity index (χ2n) is 9.26. The number of pyridine rings is 1. The third-order valence-corrected chi connectivity index (χ3v) is 8.25. The van der Waals surface area contributed by atoms with Crippen molar-refractivity contribution in [1.29, 1.82) is 0 Å². The van der Waals surface area contributed by atoms with Crippen molar-refractivity contribution in [3.63, 3.8) is 0 Å². The van der Waals surface area contributed by atoms with Crippen LogP contribution in [0.5, 0.6) is 0 Å². The van der Waals surface area contributed by atoms with Crippen molar-refractivity contribution in [1.82, 2.24) is 20.2 Å². The lowest BCUT2D eigenvalue weighted by atomic mass is 10.1. The Kier molecular flexibility index (Phi) is 5.73. The van der Waals surface area contributed by atoms with E-state index in [0.29, 0.717) is 33.4 Å². The number of piperidine rings is 1. The predicted octanol–water partition coefficient (Wildman–Crippen LogP) is 5.49. The maximum atomic E-state index is 14.7. The molecule has 2 aliphatic rings. The van der Waals surface area contributed by atoms with Gasteiger partial charge in [0.2, 0.25) is 0 Å². The smallest absolute Gasteiger partial charge is 0.274 e. The number of carbonyl (C=O) groups excluding carboxylic acids is 2. The summed E-state index contributed by atoms with van der Waals surface area (Å²) >= 11 is 7.58. The van der Waals surface area contributed by atoms with Crippen LogP contribution in [0.3, 0.4) is 0 Å². The van der Waals surface area contributed by atoms with E-state index in [9.17, 15) is 14.0 Å². The Bertz CT molecular complexity index is 1500. The van der Waals surface area contributed by atoms with Crippen molar-refractivity contribution >= 4 is 45.7 Å². The number of nitrogens with one attached hydrogen (secondary N) is 1. The molecular formula is C27H22ClFN4O2S. The van der Waals surface area contributed by atoms with Gasteiger partial charge in [-0.1, -0.05) is 35.9 Å². The molecule has 182 valence electrons. The summed E-state index contributed by atoms with van der Waals surface area (Å²) in [6.07, 6.45) is 3.41. The van der Waals surface area contributed by atoms with Gasteiger partial charge in [-0.3, -0.25) is 14.6 Å². The van der Waals surface area contributed by atoms with Crippen LogP contribution < -0.4 is 5.32 Å². The molecule has 6 rings (SSSR count). The zero-order valence-corrected chi connectivity index (χ0v) is 20.9. The monoisotopic (exact) mass is 520 g/mol. The van der Waals surface area contributed by atoms with E-state index in [1.54, 1.807) is 25.3 Å². The molecule has 0 bridgehead atoms. The molecule has 1 saturated heterocycles. The molecule has 2 aromatic heterocycles. The van der Waals surface area contributed by atoms with Gasteiger partial charge >= 0.3 is 0 Å². The van der Waals surface area contributed by atoms with E-state index >= 15 is 0 Å². The highest BCUT2D eigenvalue weighted by atomic mass is 35.5. The van der Waals surface area contributed by atoms with Gasteiger partial charge in [-0.05, 0) is 49.9 Å². The molecular weight excluding hydrogens is 499 g/mol. The minimum Gasteiger partial charge on any atom is -0.350 e. The van der Waals surface area contributed by atoms with Crippen LogP contribution in [0.1, 0.15) is 38.7 Å². The first kappa shape index (κ1) is 23.1. The molecule has 3 atom stereocenters. The SMILES string of the molecule is Cc1nc(C(=O)N2[C@H](CNC(=O)c3cccc4cccnc34)C[C@@H]3C[C@@H]32)c(-c2c(F)cccc2Cl)s1. The average Bonchev–Trinajstić information content (AvgIpc) is 3.37. The first-order valence-electron chi connectivity index (χ1n) is 11.8. The average molecular weight is 521 g/mol. The summed E-state index contributed by atoms with van der Waals surface area (Å²) in [4.78, 5) is 38.0. The van der Waals surface area contributed by atoms with Crippen LogP contribution in [0, 0.1) is 18.7 Å². The summed E-state index contributed by atoms with van der Waals surface area (Å²) in [5, 5.41) is 4.80. The zero-order valence-electron chi connectivity index (χ0n) is 19.4. The maximum Gasteiger partial charge on any atom is 0.274 e. The van der Waals surface area contributed by atoms with Crippen LogP contribution in [0.15, 0.2) is 54.7 Å². The van der Waals surface area contributed by atoms with Gasteiger partial charge in [-0.2, -0.15) is 0 Å². The Balaban J connectivity index is 1.25. The second-order valence-corrected chi connectivity index (χ2v) is 10.9. The molecule has 1 aliphatic heterocycles. The van der Waals surface area contributed by atoms with Crippen LogP contribution in [0.4, 0.5) is 4.39 Å². The molecule has 36 heavy (non-hydrogen) atoms. The largest absolute Gasteiger partial charge is 0.350 e. The summed E-state index contributed by atoms with van der Waals surface area (Å²) in [6.45, 7) is 2.11. The van der Waals surface area contributed by atoms with Crippen molar-refractivity contribution in [2.45, 2.75) is 31.8 Å². The number of benzene rings is 2. The van der Waals surface area contributed by atoms with Crippen molar-refractivity contribution in [3.8, 4) is 10.4 Å². The van der Waals surface area contributed by atoms with Gasteiger partial charge in [0.1, 0.15) is 11.5 Å². The Morgan fingerprint density at radius 3 is 2.81 bits per heavy atom. The quantitative estimate of drug-likeness (QED) is 0.377. The fourth-order valence-corrected chi connectivity index (χ4v) is 6.51. The highest BCUT2D eigenvalue weighted by Crippen LogP contribution is 2.49. The van der Waals surface area contributed by atoms with Crippen molar-refractivity contribution in [2.75, 3.05) is 6.54 Å². The number of aromatic nitrogens is 2. The number of fused-ring (bicyclic) bond motifs is 2. The Morgan fingerprint density at radius 2 is 1.97 bits per heavy atom. The number of amides is 2. The van der Waals surface area contributed by atoms with Gasteiger partial charge in [-0.25, -0.2) is 9.37 Å². The normalized spacial score (nSPS) is 20.4. The second kappa shape index (κ2) is 8.94. The number of hydrogen-bond acceptors (Lipinski definition) is 5. The molecule has 1 saturated carbocycles. The molecule has 9 heteroatoms. The molecule has 6 nitrogen and oxygen atoms in total. The number of carbonyl (C=O) groups is 2. The summed E-state index contributed by atoms with van der Waals surface area (Å²) in [5.74, 6) is -0.547. The Hall–Kier alpha value is -3.36. The molecule has 1 N–H and O–H groups in total. The van der Waals surface area contributed by atoms with Gasteiger partial charge in [0.25, 0.3) is 11.8 Å². The number of aryl methyl sites for hydroxylation is 1. The fourth-order valence-electron chi connectivity index (χ4n) is 5.23. The summed E-state index contributed by atoms with van der Waals surface area (Å²) in [5.41, 5.74) is 1.56. The summed E-state index contributed by atoms with van der Waals surface area (Å²) in [7, 11) is 0. The lowest BCUT2D eigenvalue weighted by Crippen LogP contribution is -2.45. The third kappa shape index (κ3) is 3.94. The van der Waals surface area contributed by atoms with Gasteiger partial charge < -0.3 is 10.2 Å². The molecule has 0 radical (unpaired) electrons. The van der Waals surface area contributed by atoms with Gasteiger partial charge in [0.15, 0.2) is 0 Å². The minimum atomic E-state index is -0.488. The number of rotatable bonds is 5. The number of thiazole rings is 1. The van der Waals surface area contributed by atoms with Gasteiger partial charge in [0.05, 0.1) is 32.0 Å². The lowest BCUT2D eigenvalue weighted by molar-refractivity contribution is 0.0684. The molecule has 2 fully saturated rings. The number of para-hydroxylation sites is 1. The van der Waals surface area contributed by atoms with Crippen molar-refractivity contribution < 1.29 is 14.0 Å². The number of likely N-dealkylation sites (tertiary alicyclic amines) is 1.